The number of piperidine rings is 1. The minimum Gasteiger partial charge on any atom is -0.493 e. The van der Waals surface area contributed by atoms with Crippen LogP contribution in [0.2, 0.25) is 5.02 Å². The molecule has 1 N–H and O–H groups in total. The molecule has 1 aliphatic heterocycles. The lowest BCUT2D eigenvalue weighted by atomic mass is 9.86. The maximum absolute atomic E-state index is 6.17. The van der Waals surface area contributed by atoms with Gasteiger partial charge in [-0.1, -0.05) is 18.0 Å². The number of rotatable bonds is 5. The van der Waals surface area contributed by atoms with Gasteiger partial charge in [0.25, 0.3) is 0 Å². The molecule has 0 bridgehead atoms. The zero-order valence-corrected chi connectivity index (χ0v) is 12.8. The van der Waals surface area contributed by atoms with E-state index in [0.29, 0.717) is 0 Å². The molecular weight excluding hydrogens is 270 g/mol. The molecule has 1 aromatic rings. The fraction of sp³-hybridized carbons (Fsp3) is 0.647. The first kappa shape index (κ1) is 14.2. The van der Waals surface area contributed by atoms with Crippen molar-refractivity contribution in [1.29, 1.82) is 0 Å². The average molecular weight is 294 g/mol. The summed E-state index contributed by atoms with van der Waals surface area (Å²) in [7, 11) is 0. The first-order valence-electron chi connectivity index (χ1n) is 7.93. The van der Waals surface area contributed by atoms with Gasteiger partial charge in [0, 0.05) is 5.02 Å². The van der Waals surface area contributed by atoms with Crippen LogP contribution in [0.25, 0.3) is 0 Å². The second kappa shape index (κ2) is 6.82. The molecule has 1 saturated carbocycles. The van der Waals surface area contributed by atoms with Gasteiger partial charge in [-0.05, 0) is 80.8 Å². The van der Waals surface area contributed by atoms with Crippen LogP contribution in [-0.2, 0) is 6.42 Å². The Morgan fingerprint density at radius 2 is 1.90 bits per heavy atom. The highest BCUT2D eigenvalue weighted by Gasteiger charge is 2.20. The zero-order chi connectivity index (χ0) is 13.8. The molecule has 0 spiro atoms. The molecule has 1 saturated heterocycles. The Bertz CT molecular complexity index is 439. The summed E-state index contributed by atoms with van der Waals surface area (Å²) in [6.07, 6.45) is 7.65. The van der Waals surface area contributed by atoms with E-state index in [-0.39, 0.29) is 0 Å². The van der Waals surface area contributed by atoms with Gasteiger partial charge in [0.15, 0.2) is 0 Å². The molecule has 0 amide bonds. The van der Waals surface area contributed by atoms with Crippen molar-refractivity contribution in [2.45, 2.75) is 38.5 Å². The minimum absolute atomic E-state index is 0.765. The predicted octanol–water partition coefficient (Wildman–Crippen LogP) is 4.06. The second-order valence-corrected chi connectivity index (χ2v) is 6.69. The van der Waals surface area contributed by atoms with Crippen LogP contribution < -0.4 is 10.1 Å². The Hall–Kier alpha value is -0.730. The third kappa shape index (κ3) is 3.67. The molecule has 2 nitrogen and oxygen atoms in total. The van der Waals surface area contributed by atoms with Gasteiger partial charge in [-0.3, -0.25) is 0 Å². The molecule has 3 heteroatoms. The Morgan fingerprint density at radius 3 is 2.60 bits per heavy atom. The number of hydrogen-bond donors (Lipinski definition) is 1. The molecule has 0 atom stereocenters. The fourth-order valence-corrected chi connectivity index (χ4v) is 3.31. The molecule has 1 aromatic carbocycles. The van der Waals surface area contributed by atoms with E-state index in [1.165, 1.54) is 37.7 Å². The van der Waals surface area contributed by atoms with Crippen LogP contribution in [0.1, 0.15) is 37.7 Å². The topological polar surface area (TPSA) is 21.3 Å². The summed E-state index contributed by atoms with van der Waals surface area (Å²) < 4.78 is 6.06. The SMILES string of the molecule is Clc1ccc(OCC2CCC2)c(CC2CCNCC2)c1. The van der Waals surface area contributed by atoms with Gasteiger partial charge in [0.05, 0.1) is 6.61 Å². The minimum atomic E-state index is 0.765. The van der Waals surface area contributed by atoms with E-state index in [2.05, 4.69) is 17.4 Å². The summed E-state index contributed by atoms with van der Waals surface area (Å²) >= 11 is 6.17. The van der Waals surface area contributed by atoms with Crippen molar-refractivity contribution in [3.63, 3.8) is 0 Å². The Balaban J connectivity index is 1.64. The summed E-state index contributed by atoms with van der Waals surface area (Å²) in [6, 6.07) is 6.10. The molecule has 1 heterocycles. The van der Waals surface area contributed by atoms with Crippen molar-refractivity contribution in [2.24, 2.45) is 11.8 Å². The third-order valence-electron chi connectivity index (χ3n) is 4.69. The molecule has 1 aliphatic carbocycles. The summed E-state index contributed by atoms with van der Waals surface area (Å²) in [5, 5.41) is 4.25. The van der Waals surface area contributed by atoms with E-state index < -0.39 is 0 Å². The first-order chi connectivity index (χ1) is 9.81. The number of hydrogen-bond acceptors (Lipinski definition) is 2. The standard InChI is InChI=1S/C17H24ClNO/c18-16-4-5-17(20-12-14-2-1-3-14)15(11-16)10-13-6-8-19-9-7-13/h4-5,11,13-14,19H,1-3,6-10,12H2. The molecule has 110 valence electrons. The smallest absolute Gasteiger partial charge is 0.122 e. The Labute approximate surface area is 126 Å². The Kier molecular flexibility index (Phi) is 4.85. The fourth-order valence-electron chi connectivity index (χ4n) is 3.11. The van der Waals surface area contributed by atoms with Crippen molar-refractivity contribution in [3.8, 4) is 5.75 Å². The highest BCUT2D eigenvalue weighted by Crippen LogP contribution is 2.31. The molecule has 0 unspecified atom stereocenters. The van der Waals surface area contributed by atoms with Gasteiger partial charge < -0.3 is 10.1 Å². The largest absolute Gasteiger partial charge is 0.493 e. The van der Waals surface area contributed by atoms with Gasteiger partial charge in [-0.2, -0.15) is 0 Å². The van der Waals surface area contributed by atoms with Crippen LogP contribution in [-0.4, -0.2) is 19.7 Å². The Morgan fingerprint density at radius 1 is 1.10 bits per heavy atom. The molecule has 2 aliphatic rings. The van der Waals surface area contributed by atoms with Gasteiger partial charge in [0.1, 0.15) is 5.75 Å². The van der Waals surface area contributed by atoms with Crippen LogP contribution in [0.4, 0.5) is 0 Å². The first-order valence-corrected chi connectivity index (χ1v) is 8.31. The van der Waals surface area contributed by atoms with E-state index >= 15 is 0 Å². The van der Waals surface area contributed by atoms with Crippen LogP contribution in [0, 0.1) is 11.8 Å². The zero-order valence-electron chi connectivity index (χ0n) is 12.0. The van der Waals surface area contributed by atoms with E-state index in [1.54, 1.807) is 0 Å². The molecule has 0 radical (unpaired) electrons. The quantitative estimate of drug-likeness (QED) is 0.884. The van der Waals surface area contributed by atoms with Crippen molar-refractivity contribution in [1.82, 2.24) is 5.32 Å². The predicted molar refractivity (Wildman–Crippen MR) is 83.6 cm³/mol. The lowest BCUT2D eigenvalue weighted by molar-refractivity contribution is 0.179. The van der Waals surface area contributed by atoms with E-state index in [0.717, 1.165) is 48.7 Å². The number of nitrogens with one attached hydrogen (secondary N) is 1. The number of ether oxygens (including phenoxy) is 1. The van der Waals surface area contributed by atoms with Crippen molar-refractivity contribution < 1.29 is 4.74 Å². The molecule has 20 heavy (non-hydrogen) atoms. The highest BCUT2D eigenvalue weighted by atomic mass is 35.5. The van der Waals surface area contributed by atoms with E-state index in [9.17, 15) is 0 Å². The average Bonchev–Trinajstić information content (AvgIpc) is 2.40. The van der Waals surface area contributed by atoms with E-state index in [4.69, 9.17) is 16.3 Å². The van der Waals surface area contributed by atoms with Crippen LogP contribution in [0.5, 0.6) is 5.75 Å². The summed E-state index contributed by atoms with van der Waals surface area (Å²) in [5.41, 5.74) is 1.30. The second-order valence-electron chi connectivity index (χ2n) is 6.26. The van der Waals surface area contributed by atoms with Crippen molar-refractivity contribution in [3.05, 3.63) is 28.8 Å². The van der Waals surface area contributed by atoms with E-state index in [1.807, 2.05) is 6.07 Å². The van der Waals surface area contributed by atoms with Crippen LogP contribution in [0.3, 0.4) is 0 Å². The van der Waals surface area contributed by atoms with Crippen molar-refractivity contribution in [2.75, 3.05) is 19.7 Å². The summed E-state index contributed by atoms with van der Waals surface area (Å²) in [5.74, 6) is 2.60. The molecule has 3 rings (SSSR count). The lowest BCUT2D eigenvalue weighted by Gasteiger charge is -2.27. The molecular formula is C17H24ClNO. The highest BCUT2D eigenvalue weighted by molar-refractivity contribution is 6.30. The van der Waals surface area contributed by atoms with Gasteiger partial charge in [-0.25, -0.2) is 0 Å². The number of benzene rings is 1. The monoisotopic (exact) mass is 293 g/mol. The third-order valence-corrected chi connectivity index (χ3v) is 4.92. The maximum Gasteiger partial charge on any atom is 0.122 e. The van der Waals surface area contributed by atoms with Crippen molar-refractivity contribution >= 4 is 11.6 Å². The summed E-state index contributed by atoms with van der Waals surface area (Å²) in [6.45, 7) is 3.16. The van der Waals surface area contributed by atoms with Gasteiger partial charge >= 0.3 is 0 Å². The maximum atomic E-state index is 6.17. The van der Waals surface area contributed by atoms with Gasteiger partial charge in [-0.15, -0.1) is 0 Å². The van der Waals surface area contributed by atoms with Crippen LogP contribution >= 0.6 is 11.6 Å². The van der Waals surface area contributed by atoms with Gasteiger partial charge in [0.2, 0.25) is 0 Å². The summed E-state index contributed by atoms with van der Waals surface area (Å²) in [4.78, 5) is 0. The molecule has 0 aromatic heterocycles. The normalized spacial score (nSPS) is 20.6. The lowest BCUT2D eigenvalue weighted by Crippen LogP contribution is -2.28. The van der Waals surface area contributed by atoms with Crippen LogP contribution in [0.15, 0.2) is 18.2 Å². The molecule has 2 fully saturated rings. The number of halogens is 1.